The zero-order valence-electron chi connectivity index (χ0n) is 14.2. The van der Waals surface area contributed by atoms with Gasteiger partial charge in [-0.2, -0.15) is 0 Å². The molecule has 1 amide bonds. The Balaban J connectivity index is 3.01. The van der Waals surface area contributed by atoms with Gasteiger partial charge in [-0.1, -0.05) is 13.8 Å². The number of nitrogens with two attached hydrogens (primary N) is 1. The Morgan fingerprint density at radius 1 is 1.32 bits per heavy atom. The normalized spacial score (nSPS) is 11.5. The van der Waals surface area contributed by atoms with Crippen molar-refractivity contribution in [2.24, 2.45) is 0 Å². The number of hydrogen-bond donors (Lipinski definition) is 2. The molecule has 0 bridgehead atoms. The standard InChI is InChI=1S/C17H28N2O3/c1-6-13(7-2)22-14-8-9-15(18)12(10-14)11-19(16(20)21)17(3,4)5/h8-10,13H,6-7,11,18H2,1-5H3,(H,20,21). The summed E-state index contributed by atoms with van der Waals surface area (Å²) >= 11 is 0. The minimum Gasteiger partial charge on any atom is -0.490 e. The maximum atomic E-state index is 11.5. The van der Waals surface area contributed by atoms with Gasteiger partial charge in [-0.25, -0.2) is 4.79 Å². The number of nitrogens with zero attached hydrogens (tertiary/aromatic N) is 1. The summed E-state index contributed by atoms with van der Waals surface area (Å²) in [5.41, 5.74) is 6.85. The number of ether oxygens (including phenoxy) is 1. The van der Waals surface area contributed by atoms with Gasteiger partial charge in [-0.3, -0.25) is 4.90 Å². The molecule has 3 N–H and O–H groups in total. The number of benzene rings is 1. The van der Waals surface area contributed by atoms with E-state index in [0.29, 0.717) is 5.69 Å². The smallest absolute Gasteiger partial charge is 0.408 e. The van der Waals surface area contributed by atoms with E-state index in [4.69, 9.17) is 10.5 Å². The van der Waals surface area contributed by atoms with Gasteiger partial charge in [0.1, 0.15) is 5.75 Å². The zero-order valence-corrected chi connectivity index (χ0v) is 14.2. The predicted octanol–water partition coefficient (Wildman–Crippen LogP) is 4.11. The molecule has 5 nitrogen and oxygen atoms in total. The number of carbonyl (C=O) groups is 1. The van der Waals surface area contributed by atoms with E-state index in [1.807, 2.05) is 32.9 Å². The topological polar surface area (TPSA) is 75.8 Å². The molecule has 1 aromatic rings. The predicted molar refractivity (Wildman–Crippen MR) is 89.2 cm³/mol. The third-order valence-corrected chi connectivity index (χ3v) is 3.70. The molecular weight excluding hydrogens is 280 g/mol. The average Bonchev–Trinajstić information content (AvgIpc) is 2.43. The molecule has 1 rings (SSSR count). The molecule has 0 atom stereocenters. The van der Waals surface area contributed by atoms with Crippen LogP contribution in [-0.4, -0.2) is 27.7 Å². The highest BCUT2D eigenvalue weighted by Crippen LogP contribution is 2.26. The van der Waals surface area contributed by atoms with Crippen molar-refractivity contribution in [2.75, 3.05) is 5.73 Å². The van der Waals surface area contributed by atoms with Crippen LogP contribution in [0.1, 0.15) is 53.0 Å². The molecule has 5 heteroatoms. The Labute approximate surface area is 133 Å². The molecule has 0 saturated carbocycles. The quantitative estimate of drug-likeness (QED) is 0.775. The summed E-state index contributed by atoms with van der Waals surface area (Å²) in [6.45, 7) is 9.99. The maximum absolute atomic E-state index is 11.5. The molecule has 0 aliphatic rings. The van der Waals surface area contributed by atoms with Gasteiger partial charge in [0.2, 0.25) is 0 Å². The molecule has 124 valence electrons. The summed E-state index contributed by atoms with van der Waals surface area (Å²) in [6.07, 6.45) is 1.06. The Morgan fingerprint density at radius 2 is 1.91 bits per heavy atom. The Hall–Kier alpha value is -1.91. The second kappa shape index (κ2) is 7.38. The molecule has 0 unspecified atom stereocenters. The van der Waals surface area contributed by atoms with Crippen LogP contribution >= 0.6 is 0 Å². The van der Waals surface area contributed by atoms with Crippen LogP contribution in [0.4, 0.5) is 10.5 Å². The molecule has 0 fully saturated rings. The number of nitrogen functional groups attached to an aromatic ring is 1. The van der Waals surface area contributed by atoms with Crippen LogP contribution in [0.2, 0.25) is 0 Å². The van der Waals surface area contributed by atoms with Gasteiger partial charge >= 0.3 is 6.09 Å². The fourth-order valence-electron chi connectivity index (χ4n) is 2.20. The maximum Gasteiger partial charge on any atom is 0.408 e. The molecule has 0 radical (unpaired) electrons. The van der Waals surface area contributed by atoms with Gasteiger partial charge in [0.15, 0.2) is 0 Å². The lowest BCUT2D eigenvalue weighted by atomic mass is 10.0. The van der Waals surface area contributed by atoms with Crippen molar-refractivity contribution in [3.63, 3.8) is 0 Å². The van der Waals surface area contributed by atoms with E-state index < -0.39 is 11.6 Å². The van der Waals surface area contributed by atoms with Crippen molar-refractivity contribution in [1.29, 1.82) is 0 Å². The summed E-state index contributed by atoms with van der Waals surface area (Å²) in [5, 5.41) is 9.41. The van der Waals surface area contributed by atoms with E-state index in [1.54, 1.807) is 6.07 Å². The fraction of sp³-hybridized carbons (Fsp3) is 0.588. The van der Waals surface area contributed by atoms with Crippen molar-refractivity contribution < 1.29 is 14.6 Å². The fourth-order valence-corrected chi connectivity index (χ4v) is 2.20. The molecule has 0 saturated heterocycles. The Bertz CT molecular complexity index is 505. The third-order valence-electron chi connectivity index (χ3n) is 3.70. The van der Waals surface area contributed by atoms with Crippen LogP contribution in [0.15, 0.2) is 18.2 Å². The van der Waals surface area contributed by atoms with E-state index in [1.165, 1.54) is 4.90 Å². The minimum atomic E-state index is -0.960. The molecule has 1 aromatic carbocycles. The SMILES string of the molecule is CCC(CC)Oc1ccc(N)c(CN(C(=O)O)C(C)(C)C)c1. The van der Waals surface area contributed by atoms with E-state index in [2.05, 4.69) is 13.8 Å². The molecule has 0 heterocycles. The lowest BCUT2D eigenvalue weighted by molar-refractivity contribution is 0.0955. The molecular formula is C17H28N2O3. The van der Waals surface area contributed by atoms with Crippen LogP contribution in [0.25, 0.3) is 0 Å². The molecule has 0 aromatic heterocycles. The second-order valence-corrected chi connectivity index (χ2v) is 6.46. The van der Waals surface area contributed by atoms with E-state index >= 15 is 0 Å². The number of anilines is 1. The average molecular weight is 308 g/mol. The Morgan fingerprint density at radius 3 is 2.36 bits per heavy atom. The monoisotopic (exact) mass is 308 g/mol. The summed E-state index contributed by atoms with van der Waals surface area (Å²) in [4.78, 5) is 12.8. The molecule has 0 aliphatic carbocycles. The van der Waals surface area contributed by atoms with Crippen LogP contribution < -0.4 is 10.5 Å². The van der Waals surface area contributed by atoms with Crippen molar-refractivity contribution in [1.82, 2.24) is 4.90 Å². The molecule has 22 heavy (non-hydrogen) atoms. The summed E-state index contributed by atoms with van der Waals surface area (Å²) in [5.74, 6) is 0.733. The van der Waals surface area contributed by atoms with Crippen LogP contribution in [0.5, 0.6) is 5.75 Å². The summed E-state index contributed by atoms with van der Waals surface area (Å²) in [7, 11) is 0. The van der Waals surface area contributed by atoms with Crippen molar-refractivity contribution in [3.05, 3.63) is 23.8 Å². The van der Waals surface area contributed by atoms with E-state index in [9.17, 15) is 9.90 Å². The first-order valence-corrected chi connectivity index (χ1v) is 7.74. The third kappa shape index (κ3) is 4.83. The highest BCUT2D eigenvalue weighted by molar-refractivity contribution is 5.66. The Kier molecular flexibility index (Phi) is 6.09. The second-order valence-electron chi connectivity index (χ2n) is 6.46. The van der Waals surface area contributed by atoms with Crippen LogP contribution in [0, 0.1) is 0 Å². The van der Waals surface area contributed by atoms with E-state index in [0.717, 1.165) is 24.2 Å². The first-order valence-electron chi connectivity index (χ1n) is 7.74. The van der Waals surface area contributed by atoms with Crippen LogP contribution in [-0.2, 0) is 6.54 Å². The lowest BCUT2D eigenvalue weighted by Gasteiger charge is -2.33. The number of amides is 1. The van der Waals surface area contributed by atoms with Crippen molar-refractivity contribution in [3.8, 4) is 5.75 Å². The zero-order chi connectivity index (χ0) is 16.9. The number of rotatable bonds is 6. The van der Waals surface area contributed by atoms with Gasteiger partial charge in [0.05, 0.1) is 12.6 Å². The number of carboxylic acid groups (broad SMARTS) is 1. The first kappa shape index (κ1) is 18.1. The van der Waals surface area contributed by atoms with E-state index in [-0.39, 0.29) is 12.6 Å². The highest BCUT2D eigenvalue weighted by atomic mass is 16.5. The first-order chi connectivity index (χ1) is 10.2. The van der Waals surface area contributed by atoms with Gasteiger partial charge in [-0.15, -0.1) is 0 Å². The summed E-state index contributed by atoms with van der Waals surface area (Å²) in [6, 6.07) is 5.45. The van der Waals surface area contributed by atoms with Gasteiger partial charge < -0.3 is 15.6 Å². The van der Waals surface area contributed by atoms with Crippen molar-refractivity contribution in [2.45, 2.75) is 65.6 Å². The van der Waals surface area contributed by atoms with Gasteiger partial charge in [0.25, 0.3) is 0 Å². The molecule has 0 spiro atoms. The summed E-state index contributed by atoms with van der Waals surface area (Å²) < 4.78 is 5.91. The van der Waals surface area contributed by atoms with Gasteiger partial charge in [0, 0.05) is 11.2 Å². The minimum absolute atomic E-state index is 0.162. The lowest BCUT2D eigenvalue weighted by Crippen LogP contribution is -2.44. The highest BCUT2D eigenvalue weighted by Gasteiger charge is 2.26. The molecule has 0 aliphatic heterocycles. The van der Waals surface area contributed by atoms with Gasteiger partial charge in [-0.05, 0) is 57.4 Å². The van der Waals surface area contributed by atoms with Crippen LogP contribution in [0.3, 0.4) is 0 Å². The van der Waals surface area contributed by atoms with Crippen molar-refractivity contribution >= 4 is 11.8 Å². The largest absolute Gasteiger partial charge is 0.490 e. The number of hydrogen-bond acceptors (Lipinski definition) is 3.